The summed E-state index contributed by atoms with van der Waals surface area (Å²) in [7, 11) is 0. The lowest BCUT2D eigenvalue weighted by atomic mass is 10.1. The van der Waals surface area contributed by atoms with Gasteiger partial charge in [0.1, 0.15) is 11.5 Å². The molecule has 0 bridgehead atoms. The molecule has 21 heavy (non-hydrogen) atoms. The predicted molar refractivity (Wildman–Crippen MR) is 86.6 cm³/mol. The zero-order chi connectivity index (χ0) is 15.6. The number of nitrogens with one attached hydrogen (secondary N) is 1. The minimum absolute atomic E-state index is 0.0631. The molecule has 0 aliphatic rings. The number of aryl methyl sites for hydroxylation is 1. The van der Waals surface area contributed by atoms with Gasteiger partial charge in [0.15, 0.2) is 0 Å². The summed E-state index contributed by atoms with van der Waals surface area (Å²) in [5.41, 5.74) is 3.85. The highest BCUT2D eigenvalue weighted by molar-refractivity contribution is 9.11. The number of nitrogens with zero attached hydrogens (tertiary/aromatic N) is 1. The maximum Gasteiger partial charge on any atom is 0.274 e. The van der Waals surface area contributed by atoms with Crippen LogP contribution in [0.3, 0.4) is 0 Å². The van der Waals surface area contributed by atoms with Gasteiger partial charge in [-0.3, -0.25) is 4.79 Å². The summed E-state index contributed by atoms with van der Waals surface area (Å²) < 4.78 is 6.39. The second kappa shape index (κ2) is 6.44. The third-order valence-corrected chi connectivity index (χ3v) is 3.91. The van der Waals surface area contributed by atoms with Gasteiger partial charge < -0.3 is 9.52 Å². The first-order valence-electron chi connectivity index (χ1n) is 5.97. The minimum atomic E-state index is -0.367. The Balaban J connectivity index is 2.23. The maximum atomic E-state index is 11.9. The molecule has 5 nitrogen and oxygen atoms in total. The van der Waals surface area contributed by atoms with Gasteiger partial charge in [0.2, 0.25) is 0 Å². The van der Waals surface area contributed by atoms with Crippen molar-refractivity contribution in [1.82, 2.24) is 5.43 Å². The molecule has 0 unspecified atom stereocenters. The first-order valence-corrected chi connectivity index (χ1v) is 7.56. The van der Waals surface area contributed by atoms with Crippen LogP contribution >= 0.6 is 31.9 Å². The molecule has 0 atom stereocenters. The number of phenolic OH excluding ortho intramolecular Hbond substituents is 1. The molecule has 0 saturated heterocycles. The van der Waals surface area contributed by atoms with Crippen molar-refractivity contribution in [2.24, 2.45) is 5.10 Å². The highest BCUT2D eigenvalue weighted by atomic mass is 79.9. The topological polar surface area (TPSA) is 74.8 Å². The number of amides is 1. The predicted octanol–water partition coefficient (Wildman–Crippen LogP) is 3.97. The number of hydrogen-bond donors (Lipinski definition) is 2. The van der Waals surface area contributed by atoms with Gasteiger partial charge in [0.05, 0.1) is 22.0 Å². The van der Waals surface area contributed by atoms with Gasteiger partial charge in [-0.25, -0.2) is 5.43 Å². The average molecular weight is 416 g/mol. The van der Waals surface area contributed by atoms with Gasteiger partial charge in [-0.15, -0.1) is 0 Å². The van der Waals surface area contributed by atoms with Crippen molar-refractivity contribution in [2.75, 3.05) is 0 Å². The molecule has 0 radical (unpaired) electrons. The van der Waals surface area contributed by atoms with Gasteiger partial charge in [-0.2, -0.15) is 5.10 Å². The van der Waals surface area contributed by atoms with Gasteiger partial charge in [-0.05, 0) is 48.0 Å². The molecule has 1 heterocycles. The van der Waals surface area contributed by atoms with E-state index in [2.05, 4.69) is 42.4 Å². The Morgan fingerprint density at radius 3 is 2.67 bits per heavy atom. The molecule has 0 aliphatic heterocycles. The van der Waals surface area contributed by atoms with Crippen LogP contribution in [0.4, 0.5) is 0 Å². The quantitative estimate of drug-likeness (QED) is 0.588. The molecule has 1 aromatic carbocycles. The van der Waals surface area contributed by atoms with Crippen LogP contribution < -0.4 is 5.43 Å². The van der Waals surface area contributed by atoms with Crippen molar-refractivity contribution in [3.8, 4) is 5.75 Å². The van der Waals surface area contributed by atoms with E-state index in [-0.39, 0.29) is 11.7 Å². The second-order valence-electron chi connectivity index (χ2n) is 4.31. The van der Waals surface area contributed by atoms with Gasteiger partial charge in [0.25, 0.3) is 5.91 Å². The summed E-state index contributed by atoms with van der Waals surface area (Å²) in [5, 5.41) is 14.0. The van der Waals surface area contributed by atoms with Gasteiger partial charge >= 0.3 is 0 Å². The molecule has 1 amide bonds. The van der Waals surface area contributed by atoms with Crippen molar-refractivity contribution in [2.45, 2.75) is 13.8 Å². The third kappa shape index (κ3) is 3.54. The summed E-state index contributed by atoms with van der Waals surface area (Å²) >= 11 is 6.59. The third-order valence-electron chi connectivity index (χ3n) is 2.85. The zero-order valence-corrected chi connectivity index (χ0v) is 14.4. The smallest absolute Gasteiger partial charge is 0.274 e. The Bertz CT molecular complexity index is 723. The molecule has 2 aromatic rings. The standard InChI is InChI=1S/C14H12Br2N2O3/c1-7(11-5-9(15)6-12(16)13(11)19)17-18-14(20)10-3-4-21-8(10)2/h3-6,19H,1-2H3,(H,18,20)/b17-7+. The van der Waals surface area contributed by atoms with Crippen LogP contribution in [-0.2, 0) is 0 Å². The zero-order valence-electron chi connectivity index (χ0n) is 11.3. The number of benzene rings is 1. The van der Waals surface area contributed by atoms with E-state index in [9.17, 15) is 9.90 Å². The van der Waals surface area contributed by atoms with Crippen LogP contribution in [0.15, 0.2) is 42.9 Å². The molecule has 0 fully saturated rings. The Labute approximate surface area is 138 Å². The van der Waals surface area contributed by atoms with Crippen LogP contribution in [0.2, 0.25) is 0 Å². The molecule has 7 heteroatoms. The van der Waals surface area contributed by atoms with E-state index >= 15 is 0 Å². The molecule has 2 N–H and O–H groups in total. The summed E-state index contributed by atoms with van der Waals surface area (Å²) in [6, 6.07) is 5.01. The van der Waals surface area contributed by atoms with E-state index in [0.29, 0.717) is 27.1 Å². The first-order chi connectivity index (χ1) is 9.90. The van der Waals surface area contributed by atoms with Crippen LogP contribution in [0, 0.1) is 6.92 Å². The van der Waals surface area contributed by atoms with Crippen LogP contribution in [0.1, 0.15) is 28.6 Å². The molecule has 2 rings (SSSR count). The van der Waals surface area contributed by atoms with E-state index in [1.807, 2.05) is 0 Å². The van der Waals surface area contributed by atoms with Crippen molar-refractivity contribution in [3.63, 3.8) is 0 Å². The monoisotopic (exact) mass is 414 g/mol. The van der Waals surface area contributed by atoms with Crippen molar-refractivity contribution in [1.29, 1.82) is 0 Å². The number of carbonyl (C=O) groups is 1. The lowest BCUT2D eigenvalue weighted by Gasteiger charge is -2.07. The van der Waals surface area contributed by atoms with Gasteiger partial charge in [0, 0.05) is 10.0 Å². The van der Waals surface area contributed by atoms with Crippen molar-refractivity contribution >= 4 is 43.5 Å². The molecule has 0 spiro atoms. The van der Waals surface area contributed by atoms with Crippen molar-refractivity contribution in [3.05, 3.63) is 50.3 Å². The Morgan fingerprint density at radius 2 is 2.05 bits per heavy atom. The van der Waals surface area contributed by atoms with E-state index in [4.69, 9.17) is 4.42 Å². The largest absolute Gasteiger partial charge is 0.506 e. The van der Waals surface area contributed by atoms with Crippen LogP contribution in [0.25, 0.3) is 0 Å². The van der Waals surface area contributed by atoms with Crippen molar-refractivity contribution < 1.29 is 14.3 Å². The molecule has 1 aromatic heterocycles. The van der Waals surface area contributed by atoms with Crippen LogP contribution in [-0.4, -0.2) is 16.7 Å². The van der Waals surface area contributed by atoms with Crippen LogP contribution in [0.5, 0.6) is 5.75 Å². The number of hydrazone groups is 1. The molecule has 0 saturated carbocycles. The summed E-state index contributed by atoms with van der Waals surface area (Å²) in [5.74, 6) is 0.218. The fourth-order valence-corrected chi connectivity index (χ4v) is 2.94. The average Bonchev–Trinajstić information content (AvgIpc) is 2.86. The summed E-state index contributed by atoms with van der Waals surface area (Å²) in [4.78, 5) is 11.9. The SMILES string of the molecule is C/C(=N\NC(=O)c1ccoc1C)c1cc(Br)cc(Br)c1O. The van der Waals surface area contributed by atoms with E-state index < -0.39 is 0 Å². The minimum Gasteiger partial charge on any atom is -0.506 e. The Morgan fingerprint density at radius 1 is 1.33 bits per heavy atom. The fourth-order valence-electron chi connectivity index (χ4n) is 1.72. The number of rotatable bonds is 3. The second-order valence-corrected chi connectivity index (χ2v) is 6.08. The highest BCUT2D eigenvalue weighted by Gasteiger charge is 2.13. The number of furan rings is 1. The summed E-state index contributed by atoms with van der Waals surface area (Å²) in [6.07, 6.45) is 1.44. The first kappa shape index (κ1) is 15.8. The Hall–Kier alpha value is -1.60. The molecular weight excluding hydrogens is 404 g/mol. The molecule has 110 valence electrons. The number of hydrogen-bond acceptors (Lipinski definition) is 4. The lowest BCUT2D eigenvalue weighted by Crippen LogP contribution is -2.19. The fraction of sp³-hybridized carbons (Fsp3) is 0.143. The number of aromatic hydroxyl groups is 1. The molecule has 0 aliphatic carbocycles. The normalized spacial score (nSPS) is 11.5. The number of phenols is 1. The van der Waals surface area contributed by atoms with Gasteiger partial charge in [-0.1, -0.05) is 15.9 Å². The number of halogens is 2. The lowest BCUT2D eigenvalue weighted by molar-refractivity contribution is 0.0953. The highest BCUT2D eigenvalue weighted by Crippen LogP contribution is 2.32. The van der Waals surface area contributed by atoms with E-state index in [1.54, 1.807) is 32.0 Å². The van der Waals surface area contributed by atoms with E-state index in [0.717, 1.165) is 4.47 Å². The maximum absolute atomic E-state index is 11.9. The Kier molecular flexibility index (Phi) is 4.84. The summed E-state index contributed by atoms with van der Waals surface area (Å²) in [6.45, 7) is 3.39. The van der Waals surface area contributed by atoms with E-state index in [1.165, 1.54) is 6.26 Å². The molecular formula is C14H12Br2N2O3. The number of carbonyl (C=O) groups excluding carboxylic acids is 1.